The summed E-state index contributed by atoms with van der Waals surface area (Å²) in [6.45, 7) is 5.43. The number of anilines is 1. The number of benzene rings is 2. The summed E-state index contributed by atoms with van der Waals surface area (Å²) in [4.78, 5) is 4.46. The van der Waals surface area contributed by atoms with Gasteiger partial charge in [0.2, 0.25) is 11.7 Å². The van der Waals surface area contributed by atoms with Crippen LogP contribution in [0.5, 0.6) is 0 Å². The Bertz CT molecular complexity index is 1090. The lowest BCUT2D eigenvalue weighted by atomic mass is 10.1. The molecule has 134 valence electrons. The molecule has 0 N–H and O–H groups in total. The Hall–Kier alpha value is -2.67. The Kier molecular flexibility index (Phi) is 3.84. The van der Waals surface area contributed by atoms with Crippen LogP contribution in [0.2, 0.25) is 0 Å². The van der Waals surface area contributed by atoms with Crippen molar-refractivity contribution in [2.75, 3.05) is 4.31 Å². The van der Waals surface area contributed by atoms with Gasteiger partial charge in [0.05, 0.1) is 10.6 Å². The molecule has 0 saturated heterocycles. The summed E-state index contributed by atoms with van der Waals surface area (Å²) >= 11 is 0. The average Bonchev–Trinajstić information content (AvgIpc) is 3.17. The monoisotopic (exact) mass is 369 g/mol. The van der Waals surface area contributed by atoms with E-state index in [1.807, 2.05) is 31.2 Å². The standard InChI is InChI=1S/C19H19N3O3S/c1-12-8-9-16(19-20-14(3)25-21-19)11-18(12)26(23,24)22-13(2)10-15-6-4-5-7-17(15)22/h4-9,11,13H,10H2,1-3H3/t13-/m1/s1. The maximum absolute atomic E-state index is 13.5. The molecule has 1 atom stereocenters. The van der Waals surface area contributed by atoms with E-state index >= 15 is 0 Å². The van der Waals surface area contributed by atoms with Crippen molar-refractivity contribution in [3.05, 3.63) is 59.5 Å². The molecule has 7 heteroatoms. The van der Waals surface area contributed by atoms with Crippen molar-refractivity contribution in [2.45, 2.75) is 38.1 Å². The fourth-order valence-corrected chi connectivity index (χ4v) is 5.39. The minimum absolute atomic E-state index is 0.132. The van der Waals surface area contributed by atoms with Gasteiger partial charge in [-0.3, -0.25) is 4.31 Å². The zero-order valence-electron chi connectivity index (χ0n) is 14.8. The Morgan fingerprint density at radius 3 is 2.65 bits per heavy atom. The second-order valence-corrected chi connectivity index (χ2v) is 8.38. The Labute approximate surface area is 152 Å². The fourth-order valence-electron chi connectivity index (χ4n) is 3.44. The van der Waals surface area contributed by atoms with E-state index in [2.05, 4.69) is 10.1 Å². The van der Waals surface area contributed by atoms with Crippen LogP contribution in [0.3, 0.4) is 0 Å². The molecule has 2 heterocycles. The Balaban J connectivity index is 1.84. The number of rotatable bonds is 3. The average molecular weight is 369 g/mol. The highest BCUT2D eigenvalue weighted by Gasteiger charge is 2.36. The predicted octanol–water partition coefficient (Wildman–Crippen LogP) is 3.49. The van der Waals surface area contributed by atoms with Gasteiger partial charge in [0.25, 0.3) is 10.0 Å². The Morgan fingerprint density at radius 2 is 1.92 bits per heavy atom. The second kappa shape index (κ2) is 5.95. The van der Waals surface area contributed by atoms with Crippen molar-refractivity contribution < 1.29 is 12.9 Å². The van der Waals surface area contributed by atoms with Crippen LogP contribution in [-0.4, -0.2) is 24.6 Å². The lowest BCUT2D eigenvalue weighted by Gasteiger charge is -2.25. The first-order valence-electron chi connectivity index (χ1n) is 8.41. The first-order chi connectivity index (χ1) is 12.4. The number of aromatic nitrogens is 2. The molecular weight excluding hydrogens is 350 g/mol. The molecule has 6 nitrogen and oxygen atoms in total. The summed E-state index contributed by atoms with van der Waals surface area (Å²) in [5.74, 6) is 0.820. The van der Waals surface area contributed by atoms with Gasteiger partial charge in [0.1, 0.15) is 0 Å². The third-order valence-corrected chi connectivity index (χ3v) is 6.73. The van der Waals surface area contributed by atoms with Gasteiger partial charge >= 0.3 is 0 Å². The SMILES string of the molecule is Cc1nc(-c2ccc(C)c(S(=O)(=O)N3c4ccccc4C[C@H]3C)c2)no1. The molecule has 0 radical (unpaired) electrons. The third kappa shape index (κ3) is 2.59. The molecule has 1 aliphatic heterocycles. The predicted molar refractivity (Wildman–Crippen MR) is 98.5 cm³/mol. The van der Waals surface area contributed by atoms with Crippen LogP contribution in [0.4, 0.5) is 5.69 Å². The zero-order valence-corrected chi connectivity index (χ0v) is 15.6. The minimum atomic E-state index is -3.71. The van der Waals surface area contributed by atoms with Crippen molar-refractivity contribution in [3.8, 4) is 11.4 Å². The summed E-state index contributed by atoms with van der Waals surface area (Å²) in [7, 11) is -3.71. The smallest absolute Gasteiger partial charge is 0.264 e. The van der Waals surface area contributed by atoms with Gasteiger partial charge in [-0.15, -0.1) is 0 Å². The van der Waals surface area contributed by atoms with Crippen molar-refractivity contribution in [1.82, 2.24) is 10.1 Å². The van der Waals surface area contributed by atoms with Gasteiger partial charge < -0.3 is 4.52 Å². The number of para-hydroxylation sites is 1. The molecular formula is C19H19N3O3S. The molecule has 26 heavy (non-hydrogen) atoms. The van der Waals surface area contributed by atoms with Gasteiger partial charge in [-0.2, -0.15) is 4.98 Å². The number of fused-ring (bicyclic) bond motifs is 1. The first-order valence-corrected chi connectivity index (χ1v) is 9.85. The summed E-state index contributed by atoms with van der Waals surface area (Å²) in [6, 6.07) is 12.7. The van der Waals surface area contributed by atoms with Crippen LogP contribution in [-0.2, 0) is 16.4 Å². The van der Waals surface area contributed by atoms with Gasteiger partial charge in [-0.05, 0) is 43.5 Å². The van der Waals surface area contributed by atoms with Gasteiger partial charge in [-0.25, -0.2) is 8.42 Å². The molecule has 4 rings (SSSR count). The van der Waals surface area contributed by atoms with Crippen LogP contribution in [0, 0.1) is 13.8 Å². The molecule has 0 spiro atoms. The van der Waals surface area contributed by atoms with E-state index in [1.54, 1.807) is 32.0 Å². The van der Waals surface area contributed by atoms with E-state index in [0.717, 1.165) is 11.3 Å². The van der Waals surface area contributed by atoms with E-state index in [4.69, 9.17) is 4.52 Å². The molecule has 0 fully saturated rings. The van der Waals surface area contributed by atoms with Crippen molar-refractivity contribution in [1.29, 1.82) is 0 Å². The Morgan fingerprint density at radius 1 is 1.15 bits per heavy atom. The number of sulfonamides is 1. The van der Waals surface area contributed by atoms with Crippen molar-refractivity contribution in [3.63, 3.8) is 0 Å². The minimum Gasteiger partial charge on any atom is -0.339 e. The van der Waals surface area contributed by atoms with Crippen LogP contribution in [0.25, 0.3) is 11.4 Å². The number of aryl methyl sites for hydroxylation is 2. The molecule has 0 amide bonds. The van der Waals surface area contributed by atoms with Crippen LogP contribution >= 0.6 is 0 Å². The van der Waals surface area contributed by atoms with Crippen LogP contribution in [0.15, 0.2) is 51.9 Å². The van der Waals surface area contributed by atoms with E-state index in [-0.39, 0.29) is 10.9 Å². The quantitative estimate of drug-likeness (QED) is 0.706. The lowest BCUT2D eigenvalue weighted by Crippen LogP contribution is -2.36. The van der Waals surface area contributed by atoms with Crippen molar-refractivity contribution >= 4 is 15.7 Å². The number of hydrogen-bond donors (Lipinski definition) is 0. The maximum Gasteiger partial charge on any atom is 0.264 e. The van der Waals surface area contributed by atoms with E-state index in [9.17, 15) is 8.42 Å². The van der Waals surface area contributed by atoms with E-state index in [0.29, 0.717) is 29.3 Å². The largest absolute Gasteiger partial charge is 0.339 e. The molecule has 2 aromatic carbocycles. The molecule has 3 aromatic rings. The fraction of sp³-hybridized carbons (Fsp3) is 0.263. The van der Waals surface area contributed by atoms with Crippen LogP contribution < -0.4 is 4.31 Å². The molecule has 1 aromatic heterocycles. The summed E-state index contributed by atoms with van der Waals surface area (Å²) in [5, 5.41) is 3.89. The maximum atomic E-state index is 13.5. The molecule has 1 aliphatic rings. The highest BCUT2D eigenvalue weighted by atomic mass is 32.2. The topological polar surface area (TPSA) is 76.3 Å². The van der Waals surface area contributed by atoms with Crippen molar-refractivity contribution in [2.24, 2.45) is 0 Å². The van der Waals surface area contributed by atoms with E-state index < -0.39 is 10.0 Å². The van der Waals surface area contributed by atoms with Gasteiger partial charge in [0, 0.05) is 18.5 Å². The summed E-state index contributed by atoms with van der Waals surface area (Å²) in [5.41, 5.74) is 3.10. The normalized spacial score (nSPS) is 16.7. The molecule has 0 aliphatic carbocycles. The van der Waals surface area contributed by atoms with E-state index in [1.165, 1.54) is 4.31 Å². The molecule has 0 unspecified atom stereocenters. The lowest BCUT2D eigenvalue weighted by molar-refractivity contribution is 0.394. The third-order valence-electron chi connectivity index (χ3n) is 4.66. The number of nitrogens with zero attached hydrogens (tertiary/aromatic N) is 3. The van der Waals surface area contributed by atoms with Crippen LogP contribution in [0.1, 0.15) is 23.9 Å². The summed E-state index contributed by atoms with van der Waals surface area (Å²) in [6.07, 6.45) is 0.707. The summed E-state index contributed by atoms with van der Waals surface area (Å²) < 4.78 is 33.5. The second-order valence-electron chi connectivity index (χ2n) is 6.60. The highest BCUT2D eigenvalue weighted by Crippen LogP contribution is 2.37. The first kappa shape index (κ1) is 16.8. The number of hydrogen-bond acceptors (Lipinski definition) is 5. The van der Waals surface area contributed by atoms with Gasteiger partial charge in [-0.1, -0.05) is 35.5 Å². The molecule has 0 saturated carbocycles. The zero-order chi connectivity index (χ0) is 18.5. The molecule has 0 bridgehead atoms. The highest BCUT2D eigenvalue weighted by molar-refractivity contribution is 7.93. The van der Waals surface area contributed by atoms with Gasteiger partial charge in [0.15, 0.2) is 0 Å².